The number of benzene rings is 1. The van der Waals surface area contributed by atoms with Crippen molar-refractivity contribution in [2.75, 3.05) is 13.2 Å². The first-order valence-electron chi connectivity index (χ1n) is 5.29. The van der Waals surface area contributed by atoms with Crippen molar-refractivity contribution in [1.82, 2.24) is 5.32 Å². The molecule has 0 saturated carbocycles. The van der Waals surface area contributed by atoms with Crippen LogP contribution >= 0.6 is 0 Å². The van der Waals surface area contributed by atoms with E-state index in [2.05, 4.69) is 15.3 Å². The first-order chi connectivity index (χ1) is 8.15. The normalized spacial score (nSPS) is 15.6. The van der Waals surface area contributed by atoms with E-state index < -0.39 is 11.9 Å². The third-order valence-electron chi connectivity index (χ3n) is 2.31. The van der Waals surface area contributed by atoms with Crippen molar-refractivity contribution in [3.05, 3.63) is 35.0 Å². The van der Waals surface area contributed by atoms with Gasteiger partial charge in [-0.05, 0) is 19.1 Å². The van der Waals surface area contributed by atoms with Gasteiger partial charge in [0.1, 0.15) is 6.61 Å². The van der Waals surface area contributed by atoms with Crippen molar-refractivity contribution >= 4 is 6.09 Å². The number of para-hydroxylation sites is 2. The van der Waals surface area contributed by atoms with E-state index in [4.69, 9.17) is 9.84 Å². The average Bonchev–Trinajstić information content (AvgIpc) is 2.63. The van der Waals surface area contributed by atoms with Crippen molar-refractivity contribution in [2.45, 2.75) is 12.7 Å². The highest BCUT2D eigenvalue weighted by molar-refractivity contribution is 5.65. The molecule has 90 valence electrons. The Bertz CT molecular complexity index is 506. The van der Waals surface area contributed by atoms with Gasteiger partial charge >= 0.3 is 6.09 Å². The van der Waals surface area contributed by atoms with E-state index >= 15 is 0 Å². The number of fused-ring (bicyclic) bond motifs is 1. The molecule has 0 saturated heterocycles. The van der Waals surface area contributed by atoms with Gasteiger partial charge in [-0.1, -0.05) is 12.1 Å². The molecule has 1 heterocycles. The van der Waals surface area contributed by atoms with Gasteiger partial charge in [-0.15, -0.1) is 0 Å². The molecule has 0 bridgehead atoms. The Labute approximate surface area is 97.7 Å². The average molecular weight is 235 g/mol. The van der Waals surface area contributed by atoms with Crippen LogP contribution in [-0.4, -0.2) is 30.2 Å². The third kappa shape index (κ3) is 2.42. The predicted molar refractivity (Wildman–Crippen MR) is 59.1 cm³/mol. The molecule has 0 radical (unpaired) electrons. The number of hydrogen-bond donors (Lipinski definition) is 2. The first kappa shape index (κ1) is 11.5. The van der Waals surface area contributed by atoms with Crippen molar-refractivity contribution in [1.29, 1.82) is 0 Å². The van der Waals surface area contributed by atoms with E-state index in [0.717, 1.165) is 0 Å². The molecule has 0 fully saturated rings. The van der Waals surface area contributed by atoms with Crippen LogP contribution in [-0.2, 0) is 4.74 Å². The van der Waals surface area contributed by atoms with E-state index in [1.807, 2.05) is 19.1 Å². The summed E-state index contributed by atoms with van der Waals surface area (Å²) >= 11 is 0. The van der Waals surface area contributed by atoms with E-state index in [1.165, 1.54) is 0 Å². The van der Waals surface area contributed by atoms with Crippen LogP contribution in [0.3, 0.4) is 0 Å². The Balaban J connectivity index is 2.38. The summed E-state index contributed by atoms with van der Waals surface area (Å²) in [6, 6.07) is 7.23. The minimum Gasteiger partial charge on any atom is -0.465 e. The molecule has 0 aromatic heterocycles. The fourth-order valence-electron chi connectivity index (χ4n) is 1.65. The Morgan fingerprint density at radius 3 is 2.47 bits per heavy atom. The molecule has 0 aliphatic carbocycles. The summed E-state index contributed by atoms with van der Waals surface area (Å²) in [5, 5.41) is 12.5. The number of rotatable bonds is 4. The molecule has 17 heavy (non-hydrogen) atoms. The van der Waals surface area contributed by atoms with Gasteiger partial charge in [-0.2, -0.15) is 0 Å². The monoisotopic (exact) mass is 235 g/mol. The Morgan fingerprint density at radius 2 is 2.00 bits per heavy atom. The number of carboxylic acid groups (broad SMARTS) is 1. The predicted octanol–water partition coefficient (Wildman–Crippen LogP) is -0.103. The van der Waals surface area contributed by atoms with Crippen LogP contribution in [0.15, 0.2) is 34.3 Å². The van der Waals surface area contributed by atoms with Crippen molar-refractivity contribution < 1.29 is 14.6 Å². The second-order valence-corrected chi connectivity index (χ2v) is 3.60. The molecule has 1 amide bonds. The second-order valence-electron chi connectivity index (χ2n) is 3.60. The molecule has 2 N–H and O–H groups in total. The standard InChI is InChI=1S/C11H13N3O3/c1-2-17-7-11(14-10(15)16)12-8-5-3-4-6-9(8)13-11/h3-6,14H,2,7H2,1H3,(H,15,16). The fraction of sp³-hybridized carbons (Fsp3) is 0.364. The van der Waals surface area contributed by atoms with Gasteiger partial charge in [0.05, 0.1) is 10.7 Å². The number of nitrogens with zero attached hydrogens (tertiary/aromatic N) is 2. The lowest BCUT2D eigenvalue weighted by atomic mass is 10.3. The summed E-state index contributed by atoms with van der Waals surface area (Å²) in [4.78, 5) is 19.3. The lowest BCUT2D eigenvalue weighted by Crippen LogP contribution is -2.48. The number of hydrogen-bond acceptors (Lipinski definition) is 4. The van der Waals surface area contributed by atoms with Crippen LogP contribution in [0.1, 0.15) is 6.92 Å². The molecule has 1 aromatic carbocycles. The van der Waals surface area contributed by atoms with E-state index in [1.54, 1.807) is 12.1 Å². The molecule has 1 aliphatic heterocycles. The molecule has 1 aromatic rings. The molecule has 1 aliphatic rings. The zero-order valence-corrected chi connectivity index (χ0v) is 9.38. The molecule has 6 nitrogen and oxygen atoms in total. The lowest BCUT2D eigenvalue weighted by molar-refractivity contribution is 0.0807. The number of amides is 1. The lowest BCUT2D eigenvalue weighted by Gasteiger charge is -2.22. The largest absolute Gasteiger partial charge is 0.465 e. The van der Waals surface area contributed by atoms with Gasteiger partial charge in [0.2, 0.25) is 0 Å². The molecular formula is C11H13N3O3. The maximum atomic E-state index is 10.8. The molecule has 6 heteroatoms. The van der Waals surface area contributed by atoms with Crippen LogP contribution in [0.4, 0.5) is 4.79 Å². The Hall–Kier alpha value is -1.95. The quantitative estimate of drug-likeness (QED) is 0.764. The Morgan fingerprint density at radius 1 is 1.41 bits per heavy atom. The van der Waals surface area contributed by atoms with E-state index in [0.29, 0.717) is 17.3 Å². The maximum absolute atomic E-state index is 10.8. The van der Waals surface area contributed by atoms with Gasteiger partial charge < -0.3 is 9.84 Å². The summed E-state index contributed by atoms with van der Waals surface area (Å²) in [6.45, 7) is 2.39. The highest BCUT2D eigenvalue weighted by atomic mass is 16.5. The minimum atomic E-state index is -1.24. The van der Waals surface area contributed by atoms with Crippen molar-refractivity contribution in [3.8, 4) is 0 Å². The summed E-state index contributed by atoms with van der Waals surface area (Å²) in [6.07, 6.45) is -1.18. The second kappa shape index (κ2) is 4.50. The van der Waals surface area contributed by atoms with Gasteiger partial charge in [-0.3, -0.25) is 5.32 Å². The first-order valence-corrected chi connectivity index (χ1v) is 5.29. The third-order valence-corrected chi connectivity index (χ3v) is 2.31. The van der Waals surface area contributed by atoms with Crippen LogP contribution in [0.2, 0.25) is 0 Å². The van der Waals surface area contributed by atoms with Gasteiger partial charge in [-0.25, -0.2) is 14.8 Å². The van der Waals surface area contributed by atoms with Crippen molar-refractivity contribution in [2.24, 2.45) is 9.98 Å². The van der Waals surface area contributed by atoms with Crippen LogP contribution < -0.4 is 16.0 Å². The molecule has 0 spiro atoms. The summed E-state index contributed by atoms with van der Waals surface area (Å²) in [5.74, 6) is -1.24. The highest BCUT2D eigenvalue weighted by Gasteiger charge is 2.33. The van der Waals surface area contributed by atoms with Gasteiger partial charge in [0.25, 0.3) is 5.79 Å². The smallest absolute Gasteiger partial charge is 0.408 e. The topological polar surface area (TPSA) is 83.3 Å². The summed E-state index contributed by atoms with van der Waals surface area (Å²) in [5.41, 5.74) is 0. The van der Waals surface area contributed by atoms with Gasteiger partial charge in [0.15, 0.2) is 0 Å². The van der Waals surface area contributed by atoms with Crippen LogP contribution in [0.25, 0.3) is 0 Å². The van der Waals surface area contributed by atoms with Gasteiger partial charge in [0, 0.05) is 6.61 Å². The molecule has 0 atom stereocenters. The number of ether oxygens (including phenoxy) is 1. The Kier molecular flexibility index (Phi) is 3.06. The maximum Gasteiger partial charge on any atom is 0.408 e. The van der Waals surface area contributed by atoms with Crippen molar-refractivity contribution in [3.63, 3.8) is 0 Å². The van der Waals surface area contributed by atoms with Crippen LogP contribution in [0.5, 0.6) is 0 Å². The SMILES string of the molecule is CCOCC1(NC(=O)O)N=c2ccccc2=N1. The summed E-state index contributed by atoms with van der Waals surface area (Å²) < 4.78 is 5.24. The van der Waals surface area contributed by atoms with E-state index in [9.17, 15) is 4.79 Å². The molecular weight excluding hydrogens is 222 g/mol. The minimum absolute atomic E-state index is 0.0878. The zero-order chi connectivity index (χ0) is 12.3. The molecule has 2 rings (SSSR count). The highest BCUT2D eigenvalue weighted by Crippen LogP contribution is 2.10. The molecule has 0 unspecified atom stereocenters. The number of carbonyl (C=O) groups is 1. The summed E-state index contributed by atoms with van der Waals surface area (Å²) in [7, 11) is 0. The number of nitrogens with one attached hydrogen (secondary N) is 1. The van der Waals surface area contributed by atoms with Crippen LogP contribution in [0, 0.1) is 0 Å². The zero-order valence-electron chi connectivity index (χ0n) is 9.38. The van der Waals surface area contributed by atoms with E-state index in [-0.39, 0.29) is 6.61 Å². The fourth-order valence-corrected chi connectivity index (χ4v) is 1.65.